The first-order valence-electron chi connectivity index (χ1n) is 8.85. The summed E-state index contributed by atoms with van der Waals surface area (Å²) in [4.78, 5) is 6.67. The lowest BCUT2D eigenvalue weighted by Gasteiger charge is -2.40. The zero-order chi connectivity index (χ0) is 17.9. The molecule has 0 aromatic heterocycles. The van der Waals surface area contributed by atoms with Gasteiger partial charge in [-0.05, 0) is 56.5 Å². The number of piperidine rings is 1. The van der Waals surface area contributed by atoms with Gasteiger partial charge in [0.1, 0.15) is 0 Å². The molecule has 1 aromatic carbocycles. The number of nitrogens with one attached hydrogen (secondary N) is 2. The topological polar surface area (TPSA) is 39.7 Å². The molecule has 1 fully saturated rings. The lowest BCUT2D eigenvalue weighted by atomic mass is 9.84. The molecule has 2 heterocycles. The fourth-order valence-corrected chi connectivity index (χ4v) is 3.75. The highest BCUT2D eigenvalue weighted by Gasteiger charge is 2.33. The van der Waals surface area contributed by atoms with Gasteiger partial charge in [0.05, 0.1) is 5.56 Å². The minimum absolute atomic E-state index is 0. The van der Waals surface area contributed by atoms with Crippen LogP contribution < -0.4 is 10.6 Å². The van der Waals surface area contributed by atoms with Crippen LogP contribution >= 0.6 is 24.0 Å². The van der Waals surface area contributed by atoms with Gasteiger partial charge in [-0.3, -0.25) is 9.89 Å². The highest BCUT2D eigenvalue weighted by atomic mass is 127. The molecule has 1 saturated heterocycles. The molecule has 2 unspecified atom stereocenters. The van der Waals surface area contributed by atoms with Crippen LogP contribution in [0.3, 0.4) is 0 Å². The van der Waals surface area contributed by atoms with Crippen molar-refractivity contribution in [3.05, 3.63) is 35.4 Å². The Morgan fingerprint density at radius 1 is 1.23 bits per heavy atom. The SMILES string of the molecule is CN1CCCC(CNC2=NCCCN2)C1c1ccc(C(F)(F)F)cc1.I. The molecule has 0 bridgehead atoms. The summed E-state index contributed by atoms with van der Waals surface area (Å²) < 4.78 is 38.4. The third kappa shape index (κ3) is 5.25. The second-order valence-electron chi connectivity index (χ2n) is 6.84. The minimum atomic E-state index is -4.29. The monoisotopic (exact) mass is 482 g/mol. The van der Waals surface area contributed by atoms with Gasteiger partial charge in [-0.2, -0.15) is 13.2 Å². The fourth-order valence-electron chi connectivity index (χ4n) is 3.75. The van der Waals surface area contributed by atoms with Gasteiger partial charge in [0.25, 0.3) is 0 Å². The highest BCUT2D eigenvalue weighted by molar-refractivity contribution is 14.0. The van der Waals surface area contributed by atoms with Crippen molar-refractivity contribution in [3.8, 4) is 0 Å². The molecular weight excluding hydrogens is 456 g/mol. The van der Waals surface area contributed by atoms with Crippen LogP contribution in [0.2, 0.25) is 0 Å². The Hall–Kier alpha value is -1.03. The molecular formula is C18H26F3IN4. The first-order chi connectivity index (χ1) is 11.9. The number of benzene rings is 1. The van der Waals surface area contributed by atoms with E-state index in [-0.39, 0.29) is 30.0 Å². The Morgan fingerprint density at radius 2 is 1.96 bits per heavy atom. The molecule has 2 atom stereocenters. The van der Waals surface area contributed by atoms with E-state index in [9.17, 15) is 13.2 Å². The summed E-state index contributed by atoms with van der Waals surface area (Å²) in [6.07, 6.45) is -1.09. The number of guanidine groups is 1. The van der Waals surface area contributed by atoms with Crippen molar-refractivity contribution in [3.63, 3.8) is 0 Å². The van der Waals surface area contributed by atoms with Crippen molar-refractivity contribution in [1.82, 2.24) is 15.5 Å². The minimum Gasteiger partial charge on any atom is -0.356 e. The summed E-state index contributed by atoms with van der Waals surface area (Å²) >= 11 is 0. The van der Waals surface area contributed by atoms with E-state index >= 15 is 0 Å². The smallest absolute Gasteiger partial charge is 0.356 e. The first kappa shape index (κ1) is 21.3. The number of likely N-dealkylation sites (tertiary alicyclic amines) is 1. The number of hydrogen-bond donors (Lipinski definition) is 2. The van der Waals surface area contributed by atoms with Gasteiger partial charge in [-0.15, -0.1) is 24.0 Å². The zero-order valence-electron chi connectivity index (χ0n) is 14.9. The summed E-state index contributed by atoms with van der Waals surface area (Å²) in [6, 6.07) is 5.74. The van der Waals surface area contributed by atoms with Crippen molar-refractivity contribution >= 4 is 29.9 Å². The second-order valence-corrected chi connectivity index (χ2v) is 6.84. The molecule has 3 rings (SSSR count). The molecule has 4 nitrogen and oxygen atoms in total. The van der Waals surface area contributed by atoms with Gasteiger partial charge in [-0.1, -0.05) is 12.1 Å². The van der Waals surface area contributed by atoms with Gasteiger partial charge in [0.2, 0.25) is 0 Å². The molecule has 2 N–H and O–H groups in total. The maximum atomic E-state index is 12.8. The average Bonchev–Trinajstić information content (AvgIpc) is 2.60. The van der Waals surface area contributed by atoms with Crippen molar-refractivity contribution in [2.75, 3.05) is 33.2 Å². The number of hydrogen-bond acceptors (Lipinski definition) is 4. The van der Waals surface area contributed by atoms with Crippen LogP contribution in [0.25, 0.3) is 0 Å². The highest BCUT2D eigenvalue weighted by Crippen LogP contribution is 2.36. The van der Waals surface area contributed by atoms with Gasteiger partial charge < -0.3 is 10.6 Å². The summed E-state index contributed by atoms with van der Waals surface area (Å²) in [5.41, 5.74) is 0.352. The van der Waals surface area contributed by atoms with Crippen molar-refractivity contribution < 1.29 is 13.2 Å². The first-order valence-corrected chi connectivity index (χ1v) is 8.85. The third-order valence-electron chi connectivity index (χ3n) is 5.02. The van der Waals surface area contributed by atoms with Gasteiger partial charge >= 0.3 is 6.18 Å². The number of halogens is 4. The molecule has 0 saturated carbocycles. The quantitative estimate of drug-likeness (QED) is 0.647. The standard InChI is InChI=1S/C18H25F3N4.HI/c1-25-11-2-4-14(12-24-17-22-9-3-10-23-17)16(25)13-5-7-15(8-6-13)18(19,20)21;/h5-8,14,16H,2-4,9-12H2,1H3,(H2,22,23,24);1H. The van der Waals surface area contributed by atoms with Crippen molar-refractivity contribution in [2.24, 2.45) is 10.9 Å². The Balaban J connectivity index is 0.00000243. The molecule has 0 aliphatic carbocycles. The second kappa shape index (κ2) is 9.25. The molecule has 0 radical (unpaired) electrons. The molecule has 0 amide bonds. The Morgan fingerprint density at radius 3 is 2.58 bits per heavy atom. The lowest BCUT2D eigenvalue weighted by molar-refractivity contribution is -0.137. The van der Waals surface area contributed by atoms with E-state index in [0.29, 0.717) is 5.92 Å². The van der Waals surface area contributed by atoms with Crippen molar-refractivity contribution in [1.29, 1.82) is 0 Å². The molecule has 26 heavy (non-hydrogen) atoms. The van der Waals surface area contributed by atoms with Crippen LogP contribution in [-0.4, -0.2) is 44.1 Å². The number of nitrogens with zero attached hydrogens (tertiary/aromatic N) is 2. The van der Waals surface area contributed by atoms with E-state index in [4.69, 9.17) is 0 Å². The Kier molecular flexibility index (Phi) is 7.57. The maximum Gasteiger partial charge on any atom is 0.416 e. The predicted octanol–water partition coefficient (Wildman–Crippen LogP) is 3.65. The van der Waals surface area contributed by atoms with Crippen LogP contribution in [-0.2, 0) is 6.18 Å². The van der Waals surface area contributed by atoms with Crippen LogP contribution in [0, 0.1) is 5.92 Å². The maximum absolute atomic E-state index is 12.8. The molecule has 2 aliphatic rings. The van der Waals surface area contributed by atoms with E-state index < -0.39 is 11.7 Å². The summed E-state index contributed by atoms with van der Waals surface area (Å²) in [6.45, 7) is 3.49. The van der Waals surface area contributed by atoms with Crippen molar-refractivity contribution in [2.45, 2.75) is 31.5 Å². The van der Waals surface area contributed by atoms with E-state index in [1.165, 1.54) is 12.1 Å². The Bertz CT molecular complexity index is 603. The summed E-state index contributed by atoms with van der Waals surface area (Å²) in [5.74, 6) is 1.17. The predicted molar refractivity (Wildman–Crippen MR) is 108 cm³/mol. The van der Waals surface area contributed by atoms with Crippen LogP contribution in [0.4, 0.5) is 13.2 Å². The zero-order valence-corrected chi connectivity index (χ0v) is 17.2. The largest absolute Gasteiger partial charge is 0.416 e. The number of aliphatic imine (C=N–C) groups is 1. The van der Waals surface area contributed by atoms with E-state index in [0.717, 1.165) is 57.0 Å². The van der Waals surface area contributed by atoms with E-state index in [1.807, 2.05) is 7.05 Å². The molecule has 146 valence electrons. The van der Waals surface area contributed by atoms with E-state index in [1.54, 1.807) is 12.1 Å². The number of rotatable bonds is 3. The third-order valence-corrected chi connectivity index (χ3v) is 5.02. The molecule has 0 spiro atoms. The normalized spacial score (nSPS) is 24.2. The molecule has 1 aromatic rings. The van der Waals surface area contributed by atoms with Crippen LogP contribution in [0.5, 0.6) is 0 Å². The van der Waals surface area contributed by atoms with Crippen LogP contribution in [0.15, 0.2) is 29.3 Å². The average molecular weight is 482 g/mol. The van der Waals surface area contributed by atoms with Gasteiger partial charge in [-0.25, -0.2) is 0 Å². The summed E-state index contributed by atoms with van der Waals surface area (Å²) in [7, 11) is 2.05. The van der Waals surface area contributed by atoms with Crippen LogP contribution in [0.1, 0.15) is 36.4 Å². The van der Waals surface area contributed by atoms with E-state index in [2.05, 4.69) is 20.5 Å². The van der Waals surface area contributed by atoms with Gasteiger partial charge in [0, 0.05) is 25.7 Å². The number of alkyl halides is 3. The molecule has 2 aliphatic heterocycles. The lowest BCUT2D eigenvalue weighted by Crippen LogP contribution is -2.46. The van der Waals surface area contributed by atoms with Gasteiger partial charge in [0.15, 0.2) is 5.96 Å². The molecule has 8 heteroatoms. The summed E-state index contributed by atoms with van der Waals surface area (Å²) in [5, 5.41) is 6.63. The Labute approximate surface area is 169 Å². The fraction of sp³-hybridized carbons (Fsp3) is 0.611.